The number of nitrogens with zero attached hydrogens (tertiary/aromatic N) is 2. The van der Waals surface area contributed by atoms with Gasteiger partial charge in [-0.05, 0) is 86.8 Å². The Kier molecular flexibility index (Phi) is 6.16. The molecule has 1 spiro atoms. The molecule has 2 aliphatic carbocycles. The van der Waals surface area contributed by atoms with Gasteiger partial charge in [0, 0.05) is 43.7 Å². The molecule has 2 nitrogen and oxygen atoms in total. The molecule has 2 aliphatic heterocycles. The highest BCUT2D eigenvalue weighted by molar-refractivity contribution is 7.30. The van der Waals surface area contributed by atoms with Gasteiger partial charge in [0.25, 0.3) is 6.71 Å². The van der Waals surface area contributed by atoms with Crippen LogP contribution in [-0.4, -0.2) is 6.71 Å². The standard InChI is InChI=1S/C48H28BF3N2S/c50-48(51,52)29-26-27-38-41(28-29)53(30-14-3-1-4-15-30)39-24-13-25-40-43(39)49(38)46-44(54(40)31-16-5-2-6-17-31)42-34-20-9-12-23-37(34)47(45(42)55-46)35-21-10-7-18-32(35)33-19-8-11-22-36(33)47/h1-28H. The average molecular weight is 733 g/mol. The predicted molar refractivity (Wildman–Crippen MR) is 220 cm³/mol. The van der Waals surface area contributed by atoms with Gasteiger partial charge >= 0.3 is 6.18 Å². The van der Waals surface area contributed by atoms with Gasteiger partial charge in [0.1, 0.15) is 0 Å². The van der Waals surface area contributed by atoms with Crippen molar-refractivity contribution in [2.45, 2.75) is 11.6 Å². The molecule has 55 heavy (non-hydrogen) atoms. The van der Waals surface area contributed by atoms with Crippen LogP contribution in [0.15, 0.2) is 170 Å². The van der Waals surface area contributed by atoms with E-state index in [1.165, 1.54) is 56.0 Å². The maximum absolute atomic E-state index is 14.6. The van der Waals surface area contributed by atoms with Gasteiger partial charge in [-0.3, -0.25) is 0 Å². The SMILES string of the molecule is FC(F)(F)c1ccc2c(c1)N(c1ccccc1)c1cccc3c1B2c1sc2c(c1N3c1ccccc1)-c1ccccc1C21c2ccccc2-c2ccccc21. The van der Waals surface area contributed by atoms with E-state index in [1.54, 1.807) is 6.07 Å². The van der Waals surface area contributed by atoms with Gasteiger partial charge in [-0.1, -0.05) is 127 Å². The van der Waals surface area contributed by atoms with Crippen molar-refractivity contribution in [1.29, 1.82) is 0 Å². The summed E-state index contributed by atoms with van der Waals surface area (Å²) in [6, 6.07) is 57.3. The smallest absolute Gasteiger partial charge is 0.311 e. The van der Waals surface area contributed by atoms with Crippen LogP contribution in [0.25, 0.3) is 22.3 Å². The van der Waals surface area contributed by atoms with Gasteiger partial charge in [-0.15, -0.1) is 11.3 Å². The van der Waals surface area contributed by atoms with E-state index in [-0.39, 0.29) is 6.71 Å². The Morgan fingerprint density at radius 2 is 1.04 bits per heavy atom. The van der Waals surface area contributed by atoms with Gasteiger partial charge < -0.3 is 9.80 Å². The van der Waals surface area contributed by atoms with E-state index in [9.17, 15) is 13.2 Å². The predicted octanol–water partition coefficient (Wildman–Crippen LogP) is 11.2. The number of alkyl halides is 3. The van der Waals surface area contributed by atoms with Gasteiger partial charge in [-0.2, -0.15) is 13.2 Å². The van der Waals surface area contributed by atoms with Crippen molar-refractivity contribution in [1.82, 2.24) is 0 Å². The summed E-state index contributed by atoms with van der Waals surface area (Å²) in [5.74, 6) is 0. The third kappa shape index (κ3) is 3.91. The number of halogens is 3. The molecule has 8 aromatic rings. The summed E-state index contributed by atoms with van der Waals surface area (Å²) in [6.45, 7) is -0.301. The Morgan fingerprint density at radius 3 is 1.65 bits per heavy atom. The summed E-state index contributed by atoms with van der Waals surface area (Å²) < 4.78 is 44.8. The molecule has 0 bridgehead atoms. The molecule has 0 N–H and O–H groups in total. The molecular weight excluding hydrogens is 704 g/mol. The monoisotopic (exact) mass is 732 g/mol. The second kappa shape index (κ2) is 10.9. The van der Waals surface area contributed by atoms with E-state index >= 15 is 0 Å². The van der Waals surface area contributed by atoms with Crippen molar-refractivity contribution in [3.63, 3.8) is 0 Å². The topological polar surface area (TPSA) is 6.48 Å². The lowest BCUT2D eigenvalue weighted by Crippen LogP contribution is -2.60. The zero-order valence-electron chi connectivity index (χ0n) is 29.2. The molecular formula is C48H28BF3N2S. The molecule has 7 heteroatoms. The molecule has 0 fully saturated rings. The molecule has 0 unspecified atom stereocenters. The largest absolute Gasteiger partial charge is 0.416 e. The first kappa shape index (κ1) is 31.1. The lowest BCUT2D eigenvalue weighted by molar-refractivity contribution is -0.137. The first-order valence-corrected chi connectivity index (χ1v) is 19.3. The van der Waals surface area contributed by atoms with Crippen molar-refractivity contribution < 1.29 is 13.2 Å². The van der Waals surface area contributed by atoms with Crippen LogP contribution < -0.4 is 25.5 Å². The molecule has 3 heterocycles. The highest BCUT2D eigenvalue weighted by Crippen LogP contribution is 2.66. The summed E-state index contributed by atoms with van der Waals surface area (Å²) in [5, 5.41) is 0. The van der Waals surface area contributed by atoms with E-state index in [4.69, 9.17) is 0 Å². The highest BCUT2D eigenvalue weighted by atomic mass is 32.1. The average Bonchev–Trinajstić information content (AvgIpc) is 3.85. The Balaban J connectivity index is 1.23. The summed E-state index contributed by atoms with van der Waals surface area (Å²) in [7, 11) is 0. The molecule has 0 atom stereocenters. The van der Waals surface area contributed by atoms with E-state index < -0.39 is 17.2 Å². The molecule has 0 amide bonds. The van der Waals surface area contributed by atoms with Gasteiger partial charge in [0.2, 0.25) is 0 Å². The summed E-state index contributed by atoms with van der Waals surface area (Å²) in [4.78, 5) is 5.70. The lowest BCUT2D eigenvalue weighted by Gasteiger charge is -2.43. The maximum atomic E-state index is 14.6. The second-order valence-corrected chi connectivity index (χ2v) is 15.7. The van der Waals surface area contributed by atoms with E-state index in [0.717, 1.165) is 44.1 Å². The van der Waals surface area contributed by atoms with E-state index in [0.29, 0.717) is 5.69 Å². The third-order valence-electron chi connectivity index (χ3n) is 12.1. The normalized spacial score (nSPS) is 14.9. The number of benzene rings is 7. The fourth-order valence-electron chi connectivity index (χ4n) is 10.1. The van der Waals surface area contributed by atoms with E-state index in [2.05, 4.69) is 114 Å². The van der Waals surface area contributed by atoms with Crippen LogP contribution >= 0.6 is 11.3 Å². The second-order valence-electron chi connectivity index (χ2n) is 14.7. The minimum absolute atomic E-state index is 0.301. The number of hydrogen-bond acceptors (Lipinski definition) is 3. The number of rotatable bonds is 2. The zero-order chi connectivity index (χ0) is 36.6. The van der Waals surface area contributed by atoms with Crippen LogP contribution in [-0.2, 0) is 11.6 Å². The molecule has 7 aromatic carbocycles. The highest BCUT2D eigenvalue weighted by Gasteiger charge is 2.56. The molecule has 1 aromatic heterocycles. The van der Waals surface area contributed by atoms with Crippen molar-refractivity contribution >= 4 is 67.9 Å². The van der Waals surface area contributed by atoms with Crippen LogP contribution in [0.1, 0.15) is 27.1 Å². The lowest BCUT2D eigenvalue weighted by atomic mass is 9.36. The molecule has 0 radical (unpaired) electrons. The fourth-order valence-corrected chi connectivity index (χ4v) is 11.7. The molecule has 12 rings (SSSR count). The van der Waals surface area contributed by atoms with Crippen molar-refractivity contribution in [3.8, 4) is 22.3 Å². The summed E-state index contributed by atoms with van der Waals surface area (Å²) >= 11 is 1.83. The van der Waals surface area contributed by atoms with Crippen molar-refractivity contribution in [3.05, 3.63) is 197 Å². The van der Waals surface area contributed by atoms with Crippen LogP contribution in [0.3, 0.4) is 0 Å². The molecule has 0 saturated heterocycles. The number of thiophene rings is 1. The number of hydrogen-bond donors (Lipinski definition) is 0. The minimum atomic E-state index is -4.50. The van der Waals surface area contributed by atoms with Crippen LogP contribution in [0.2, 0.25) is 0 Å². The number of fused-ring (bicyclic) bond motifs is 15. The molecule has 0 saturated carbocycles. The van der Waals surface area contributed by atoms with E-state index in [1.807, 2.05) is 58.7 Å². The van der Waals surface area contributed by atoms with Crippen molar-refractivity contribution in [2.75, 3.05) is 9.80 Å². The van der Waals surface area contributed by atoms with Crippen LogP contribution in [0.5, 0.6) is 0 Å². The first-order chi connectivity index (χ1) is 27.0. The van der Waals surface area contributed by atoms with Crippen LogP contribution in [0, 0.1) is 0 Å². The van der Waals surface area contributed by atoms with Gasteiger partial charge in [0.05, 0.1) is 16.7 Å². The third-order valence-corrected chi connectivity index (χ3v) is 13.4. The Morgan fingerprint density at radius 1 is 0.509 bits per heavy atom. The van der Waals surface area contributed by atoms with Gasteiger partial charge in [-0.25, -0.2) is 0 Å². The summed E-state index contributed by atoms with van der Waals surface area (Å²) in [6.07, 6.45) is -4.50. The Labute approximate surface area is 320 Å². The maximum Gasteiger partial charge on any atom is 0.416 e. The summed E-state index contributed by atoms with van der Waals surface area (Å²) in [5.41, 5.74) is 14.8. The van der Waals surface area contributed by atoms with Gasteiger partial charge in [0.15, 0.2) is 0 Å². The minimum Gasteiger partial charge on any atom is -0.311 e. The first-order valence-electron chi connectivity index (χ1n) is 18.5. The quantitative estimate of drug-likeness (QED) is 0.163. The zero-order valence-corrected chi connectivity index (χ0v) is 30.0. The number of para-hydroxylation sites is 2. The van der Waals surface area contributed by atoms with Crippen LogP contribution in [0.4, 0.5) is 47.3 Å². The Bertz CT molecular complexity index is 2860. The molecule has 260 valence electrons. The Hall–Kier alpha value is -6.31. The number of anilines is 6. The molecule has 4 aliphatic rings. The van der Waals surface area contributed by atoms with Crippen molar-refractivity contribution in [2.24, 2.45) is 0 Å². The fraction of sp³-hybridized carbons (Fsp3) is 0.0417.